The van der Waals surface area contributed by atoms with Crippen LogP contribution in [0.5, 0.6) is 0 Å². The second-order valence-electron chi connectivity index (χ2n) is 2.63. The second kappa shape index (κ2) is 3.88. The lowest BCUT2D eigenvalue weighted by molar-refractivity contribution is 0.0499. The SMILES string of the molecule is Cc1cc(C(NN)C(F)(F)Cl)cs1. The molecule has 2 nitrogen and oxygen atoms in total. The Bertz CT molecular complexity index is 284. The van der Waals surface area contributed by atoms with Gasteiger partial charge in [-0.1, -0.05) is 0 Å². The minimum Gasteiger partial charge on any atom is -0.271 e. The molecule has 0 aromatic carbocycles. The van der Waals surface area contributed by atoms with Crippen LogP contribution < -0.4 is 11.3 Å². The third-order valence-corrected chi connectivity index (χ3v) is 2.68. The summed E-state index contributed by atoms with van der Waals surface area (Å²) < 4.78 is 25.4. The van der Waals surface area contributed by atoms with E-state index in [0.29, 0.717) is 5.56 Å². The van der Waals surface area contributed by atoms with Crippen molar-refractivity contribution in [1.82, 2.24) is 5.43 Å². The molecule has 3 N–H and O–H groups in total. The highest BCUT2D eigenvalue weighted by molar-refractivity contribution is 7.10. The fraction of sp³-hybridized carbons (Fsp3) is 0.429. The van der Waals surface area contributed by atoms with Crippen LogP contribution in [0, 0.1) is 6.92 Å². The standard InChI is InChI=1S/C7H9ClF2N2S/c1-4-2-5(3-13-4)6(12-11)7(8,9)10/h2-3,6,12H,11H2,1H3. The van der Waals surface area contributed by atoms with Crippen LogP contribution in [-0.4, -0.2) is 5.38 Å². The van der Waals surface area contributed by atoms with Gasteiger partial charge in [-0.15, -0.1) is 11.3 Å². The molecule has 13 heavy (non-hydrogen) atoms. The van der Waals surface area contributed by atoms with Gasteiger partial charge in [-0.05, 0) is 35.5 Å². The summed E-state index contributed by atoms with van der Waals surface area (Å²) in [5.74, 6) is 4.99. The number of alkyl halides is 3. The first-order valence-corrected chi connectivity index (χ1v) is 4.79. The minimum absolute atomic E-state index is 0.407. The Morgan fingerprint density at radius 3 is 2.62 bits per heavy atom. The number of hydrazine groups is 1. The molecule has 0 saturated carbocycles. The van der Waals surface area contributed by atoms with E-state index >= 15 is 0 Å². The maximum absolute atomic E-state index is 12.7. The van der Waals surface area contributed by atoms with Gasteiger partial charge in [0.25, 0.3) is 0 Å². The zero-order chi connectivity index (χ0) is 10.1. The number of aryl methyl sites for hydroxylation is 1. The smallest absolute Gasteiger partial charge is 0.271 e. The third-order valence-electron chi connectivity index (χ3n) is 1.58. The average molecular weight is 227 g/mol. The van der Waals surface area contributed by atoms with Gasteiger partial charge < -0.3 is 0 Å². The van der Waals surface area contributed by atoms with Crippen molar-refractivity contribution in [3.8, 4) is 0 Å². The molecule has 1 aromatic rings. The van der Waals surface area contributed by atoms with E-state index in [1.165, 1.54) is 11.3 Å². The lowest BCUT2D eigenvalue weighted by Gasteiger charge is -2.19. The van der Waals surface area contributed by atoms with E-state index in [-0.39, 0.29) is 0 Å². The van der Waals surface area contributed by atoms with Crippen LogP contribution in [0.25, 0.3) is 0 Å². The normalized spacial score (nSPS) is 14.5. The molecule has 0 bridgehead atoms. The first-order valence-electron chi connectivity index (χ1n) is 3.53. The number of halogens is 3. The Kier molecular flexibility index (Phi) is 3.23. The summed E-state index contributed by atoms with van der Waals surface area (Å²) in [6.07, 6.45) is 0. The molecule has 1 atom stereocenters. The number of nitrogens with one attached hydrogen (secondary N) is 1. The summed E-state index contributed by atoms with van der Waals surface area (Å²) in [6, 6.07) is 0.296. The Balaban J connectivity index is 2.91. The molecule has 0 radical (unpaired) electrons. The van der Waals surface area contributed by atoms with Crippen LogP contribution in [0.15, 0.2) is 11.4 Å². The summed E-state index contributed by atoms with van der Waals surface area (Å²) in [6.45, 7) is 1.83. The molecule has 1 aromatic heterocycles. The van der Waals surface area contributed by atoms with Gasteiger partial charge in [0.15, 0.2) is 0 Å². The van der Waals surface area contributed by atoms with Crippen LogP contribution in [0.3, 0.4) is 0 Å². The number of hydrogen-bond acceptors (Lipinski definition) is 3. The molecule has 1 rings (SSSR count). The Labute approximate surface area is 83.7 Å². The molecule has 0 aliphatic heterocycles. The summed E-state index contributed by atoms with van der Waals surface area (Å²) in [7, 11) is 0. The molecule has 0 saturated heterocycles. The fourth-order valence-electron chi connectivity index (χ4n) is 0.995. The van der Waals surface area contributed by atoms with Crippen LogP contribution in [-0.2, 0) is 0 Å². The van der Waals surface area contributed by atoms with Crippen molar-refractivity contribution in [2.75, 3.05) is 0 Å². The molecule has 0 aliphatic rings. The molecular formula is C7H9ClF2N2S. The van der Waals surface area contributed by atoms with Gasteiger partial charge in [-0.25, -0.2) is 5.43 Å². The molecule has 0 amide bonds. The number of nitrogens with two attached hydrogens (primary N) is 1. The van der Waals surface area contributed by atoms with Gasteiger partial charge in [0.2, 0.25) is 0 Å². The van der Waals surface area contributed by atoms with E-state index in [1.807, 2.05) is 12.3 Å². The number of hydrogen-bond donors (Lipinski definition) is 2. The van der Waals surface area contributed by atoms with E-state index in [1.54, 1.807) is 11.4 Å². The predicted octanol–water partition coefficient (Wildman–Crippen LogP) is 2.39. The lowest BCUT2D eigenvalue weighted by atomic mass is 10.1. The quantitative estimate of drug-likeness (QED) is 0.472. The topological polar surface area (TPSA) is 38.0 Å². The predicted molar refractivity (Wildman–Crippen MR) is 49.9 cm³/mol. The van der Waals surface area contributed by atoms with Crippen LogP contribution in [0.1, 0.15) is 16.5 Å². The first-order chi connectivity index (χ1) is 5.95. The van der Waals surface area contributed by atoms with Gasteiger partial charge >= 0.3 is 5.38 Å². The molecule has 6 heteroatoms. The van der Waals surface area contributed by atoms with Crippen molar-refractivity contribution >= 4 is 22.9 Å². The van der Waals surface area contributed by atoms with E-state index in [2.05, 4.69) is 0 Å². The summed E-state index contributed by atoms with van der Waals surface area (Å²) >= 11 is 6.25. The van der Waals surface area contributed by atoms with E-state index in [0.717, 1.165) is 4.88 Å². The van der Waals surface area contributed by atoms with Gasteiger partial charge in [0.1, 0.15) is 6.04 Å². The summed E-state index contributed by atoms with van der Waals surface area (Å²) in [5.41, 5.74) is 2.40. The fourth-order valence-corrected chi connectivity index (χ4v) is 1.91. The van der Waals surface area contributed by atoms with Crippen LogP contribution >= 0.6 is 22.9 Å². The van der Waals surface area contributed by atoms with Crippen molar-refractivity contribution in [1.29, 1.82) is 0 Å². The van der Waals surface area contributed by atoms with Crippen molar-refractivity contribution in [2.24, 2.45) is 5.84 Å². The molecule has 1 unspecified atom stereocenters. The molecule has 1 heterocycles. The highest BCUT2D eigenvalue weighted by Gasteiger charge is 2.37. The minimum atomic E-state index is -3.37. The number of rotatable bonds is 3. The maximum atomic E-state index is 12.7. The van der Waals surface area contributed by atoms with E-state index < -0.39 is 11.4 Å². The van der Waals surface area contributed by atoms with Gasteiger partial charge in [-0.3, -0.25) is 5.84 Å². The summed E-state index contributed by atoms with van der Waals surface area (Å²) in [5, 5.41) is -1.77. The molecule has 0 aliphatic carbocycles. The largest absolute Gasteiger partial charge is 0.342 e. The van der Waals surface area contributed by atoms with E-state index in [9.17, 15) is 8.78 Å². The van der Waals surface area contributed by atoms with Crippen molar-refractivity contribution in [2.45, 2.75) is 18.3 Å². The van der Waals surface area contributed by atoms with E-state index in [4.69, 9.17) is 17.4 Å². The summed E-state index contributed by atoms with van der Waals surface area (Å²) in [4.78, 5) is 0.941. The first kappa shape index (κ1) is 10.8. The Hall–Kier alpha value is -0.230. The molecule has 0 spiro atoms. The Morgan fingerprint density at radius 2 is 2.31 bits per heavy atom. The van der Waals surface area contributed by atoms with Crippen molar-refractivity contribution < 1.29 is 8.78 Å². The van der Waals surface area contributed by atoms with Crippen LogP contribution in [0.2, 0.25) is 0 Å². The second-order valence-corrected chi connectivity index (χ2v) is 4.25. The van der Waals surface area contributed by atoms with Crippen LogP contribution in [0.4, 0.5) is 8.78 Å². The van der Waals surface area contributed by atoms with Gasteiger partial charge in [-0.2, -0.15) is 8.78 Å². The molecule has 74 valence electrons. The molecular weight excluding hydrogens is 218 g/mol. The van der Waals surface area contributed by atoms with Gasteiger partial charge in [0, 0.05) is 4.88 Å². The monoisotopic (exact) mass is 226 g/mol. The third kappa shape index (κ3) is 2.60. The molecule has 0 fully saturated rings. The number of thiophene rings is 1. The average Bonchev–Trinajstić information content (AvgIpc) is 2.34. The van der Waals surface area contributed by atoms with Gasteiger partial charge in [0.05, 0.1) is 0 Å². The lowest BCUT2D eigenvalue weighted by Crippen LogP contribution is -2.37. The van der Waals surface area contributed by atoms with Crippen molar-refractivity contribution in [3.05, 3.63) is 21.9 Å². The highest BCUT2D eigenvalue weighted by atomic mass is 35.5. The zero-order valence-corrected chi connectivity index (χ0v) is 8.42. The maximum Gasteiger partial charge on any atom is 0.342 e. The Morgan fingerprint density at radius 1 is 1.69 bits per heavy atom. The van der Waals surface area contributed by atoms with Crippen molar-refractivity contribution in [3.63, 3.8) is 0 Å². The highest BCUT2D eigenvalue weighted by Crippen LogP contribution is 2.35. The zero-order valence-electron chi connectivity index (χ0n) is 6.85.